The Morgan fingerprint density at radius 1 is 1.11 bits per heavy atom. The Balaban J connectivity index is 2.76. The number of hydrogen-bond acceptors (Lipinski definition) is 2. The second-order valence-electron chi connectivity index (χ2n) is 6.01. The van der Waals surface area contributed by atoms with Gasteiger partial charge in [0.15, 0.2) is 0 Å². The van der Waals surface area contributed by atoms with Crippen molar-refractivity contribution >= 4 is 0 Å². The van der Waals surface area contributed by atoms with Crippen LogP contribution in [0.15, 0.2) is 0 Å². The minimum Gasteiger partial charge on any atom is -0.311 e. The van der Waals surface area contributed by atoms with Crippen molar-refractivity contribution in [2.24, 2.45) is 5.92 Å². The van der Waals surface area contributed by atoms with Crippen LogP contribution < -0.4 is 5.32 Å². The molecule has 1 unspecified atom stereocenters. The van der Waals surface area contributed by atoms with E-state index in [1.165, 1.54) is 51.7 Å². The van der Waals surface area contributed by atoms with E-state index in [2.05, 4.69) is 44.8 Å². The summed E-state index contributed by atoms with van der Waals surface area (Å²) in [7, 11) is 0. The molecule has 2 heteroatoms. The first-order chi connectivity index (χ1) is 8.65. The van der Waals surface area contributed by atoms with Gasteiger partial charge in [-0.2, -0.15) is 0 Å². The predicted octanol–water partition coefficient (Wildman–Crippen LogP) is 3.67. The van der Waals surface area contributed by atoms with Crippen molar-refractivity contribution in [3.8, 4) is 0 Å². The van der Waals surface area contributed by atoms with Gasteiger partial charge in [0.05, 0.1) is 0 Å². The standard InChI is InChI=1S/C16H34N2/c1-6-14(7-2)11-18-12-15(8-3)17-13-16(18,9-4)10-5/h14-15,17H,6-13H2,1-5H3. The van der Waals surface area contributed by atoms with Crippen molar-refractivity contribution in [3.05, 3.63) is 0 Å². The maximum atomic E-state index is 3.76. The maximum Gasteiger partial charge on any atom is 0.0329 e. The summed E-state index contributed by atoms with van der Waals surface area (Å²) in [6.45, 7) is 15.4. The van der Waals surface area contributed by atoms with Gasteiger partial charge in [-0.3, -0.25) is 4.90 Å². The van der Waals surface area contributed by atoms with E-state index >= 15 is 0 Å². The summed E-state index contributed by atoms with van der Waals surface area (Å²) >= 11 is 0. The lowest BCUT2D eigenvalue weighted by Gasteiger charge is -2.50. The molecule has 0 saturated carbocycles. The van der Waals surface area contributed by atoms with E-state index in [4.69, 9.17) is 0 Å². The van der Waals surface area contributed by atoms with E-state index < -0.39 is 0 Å². The highest BCUT2D eigenvalue weighted by molar-refractivity contribution is 4.97. The Labute approximate surface area is 115 Å². The van der Waals surface area contributed by atoms with Gasteiger partial charge in [0.2, 0.25) is 0 Å². The number of rotatable bonds is 7. The quantitative estimate of drug-likeness (QED) is 0.746. The van der Waals surface area contributed by atoms with Crippen LogP contribution in [0.25, 0.3) is 0 Å². The SMILES string of the molecule is CCC(CC)CN1CC(CC)NCC1(CC)CC. The van der Waals surface area contributed by atoms with Crippen LogP contribution in [0.4, 0.5) is 0 Å². The lowest BCUT2D eigenvalue weighted by Crippen LogP contribution is -2.64. The zero-order chi connectivity index (χ0) is 13.6. The molecular formula is C16H34N2. The fourth-order valence-corrected chi connectivity index (χ4v) is 3.32. The van der Waals surface area contributed by atoms with Crippen LogP contribution in [0.3, 0.4) is 0 Å². The summed E-state index contributed by atoms with van der Waals surface area (Å²) in [4.78, 5) is 2.81. The molecule has 0 spiro atoms. The van der Waals surface area contributed by atoms with Crippen LogP contribution in [0.1, 0.15) is 66.7 Å². The van der Waals surface area contributed by atoms with Crippen molar-refractivity contribution in [2.75, 3.05) is 19.6 Å². The van der Waals surface area contributed by atoms with Crippen molar-refractivity contribution in [3.63, 3.8) is 0 Å². The predicted molar refractivity (Wildman–Crippen MR) is 81.0 cm³/mol. The molecule has 108 valence electrons. The minimum atomic E-state index is 0.411. The third kappa shape index (κ3) is 3.48. The number of hydrogen-bond donors (Lipinski definition) is 1. The lowest BCUT2D eigenvalue weighted by atomic mass is 9.85. The minimum absolute atomic E-state index is 0.411. The number of nitrogens with one attached hydrogen (secondary N) is 1. The van der Waals surface area contributed by atoms with Crippen LogP contribution >= 0.6 is 0 Å². The van der Waals surface area contributed by atoms with E-state index in [1.807, 2.05) is 0 Å². The number of piperazine rings is 1. The summed E-state index contributed by atoms with van der Waals surface area (Å²) in [5.41, 5.74) is 0.411. The Kier molecular flexibility index (Phi) is 6.65. The van der Waals surface area contributed by atoms with Crippen LogP contribution in [0, 0.1) is 5.92 Å². The Bertz CT molecular complexity index is 219. The first-order valence-electron chi connectivity index (χ1n) is 8.14. The Morgan fingerprint density at radius 3 is 2.17 bits per heavy atom. The first-order valence-corrected chi connectivity index (χ1v) is 8.14. The van der Waals surface area contributed by atoms with Gasteiger partial charge in [0.1, 0.15) is 0 Å². The molecule has 0 amide bonds. The second kappa shape index (κ2) is 7.49. The monoisotopic (exact) mass is 254 g/mol. The molecule has 0 aliphatic carbocycles. The smallest absolute Gasteiger partial charge is 0.0329 e. The van der Waals surface area contributed by atoms with Crippen LogP contribution in [0.5, 0.6) is 0 Å². The molecule has 2 nitrogen and oxygen atoms in total. The molecule has 1 heterocycles. The van der Waals surface area contributed by atoms with Crippen molar-refractivity contribution < 1.29 is 0 Å². The maximum absolute atomic E-state index is 3.76. The Hall–Kier alpha value is -0.0800. The van der Waals surface area contributed by atoms with Gasteiger partial charge in [0, 0.05) is 31.2 Å². The lowest BCUT2D eigenvalue weighted by molar-refractivity contribution is 0.0170. The van der Waals surface area contributed by atoms with E-state index in [1.54, 1.807) is 0 Å². The highest BCUT2D eigenvalue weighted by Gasteiger charge is 2.38. The number of nitrogens with zero attached hydrogens (tertiary/aromatic N) is 1. The van der Waals surface area contributed by atoms with Gasteiger partial charge < -0.3 is 5.32 Å². The van der Waals surface area contributed by atoms with Crippen LogP contribution in [-0.4, -0.2) is 36.1 Å². The molecule has 1 aliphatic heterocycles. The summed E-state index contributed by atoms with van der Waals surface area (Å²) in [6.07, 6.45) is 6.44. The third-order valence-corrected chi connectivity index (χ3v) is 5.27. The Morgan fingerprint density at radius 2 is 1.72 bits per heavy atom. The summed E-state index contributed by atoms with van der Waals surface area (Å²) < 4.78 is 0. The normalized spacial score (nSPS) is 24.7. The molecule has 1 saturated heterocycles. The topological polar surface area (TPSA) is 15.3 Å². The fraction of sp³-hybridized carbons (Fsp3) is 1.00. The highest BCUT2D eigenvalue weighted by Crippen LogP contribution is 2.29. The molecular weight excluding hydrogens is 220 g/mol. The molecule has 0 aromatic rings. The van der Waals surface area contributed by atoms with Crippen LogP contribution in [-0.2, 0) is 0 Å². The molecule has 0 aromatic heterocycles. The highest BCUT2D eigenvalue weighted by atomic mass is 15.3. The molecule has 1 atom stereocenters. The van der Waals surface area contributed by atoms with E-state index in [0.29, 0.717) is 11.6 Å². The first kappa shape index (κ1) is 16.0. The van der Waals surface area contributed by atoms with E-state index in [0.717, 1.165) is 5.92 Å². The summed E-state index contributed by atoms with van der Waals surface area (Å²) in [5, 5.41) is 3.76. The summed E-state index contributed by atoms with van der Waals surface area (Å²) in [5.74, 6) is 0.873. The zero-order valence-corrected chi connectivity index (χ0v) is 13.3. The van der Waals surface area contributed by atoms with Crippen LogP contribution in [0.2, 0.25) is 0 Å². The molecule has 1 aliphatic rings. The van der Waals surface area contributed by atoms with E-state index in [9.17, 15) is 0 Å². The van der Waals surface area contributed by atoms with Crippen molar-refractivity contribution in [1.29, 1.82) is 0 Å². The van der Waals surface area contributed by atoms with Gasteiger partial charge >= 0.3 is 0 Å². The average molecular weight is 254 g/mol. The molecule has 0 aromatic carbocycles. The van der Waals surface area contributed by atoms with Gasteiger partial charge in [-0.25, -0.2) is 0 Å². The van der Waals surface area contributed by atoms with Gasteiger partial charge in [0.25, 0.3) is 0 Å². The van der Waals surface area contributed by atoms with Gasteiger partial charge in [-0.15, -0.1) is 0 Å². The third-order valence-electron chi connectivity index (χ3n) is 5.27. The molecule has 1 fully saturated rings. The summed E-state index contributed by atoms with van der Waals surface area (Å²) in [6, 6.07) is 0.700. The molecule has 0 bridgehead atoms. The fourth-order valence-electron chi connectivity index (χ4n) is 3.32. The zero-order valence-electron chi connectivity index (χ0n) is 13.3. The largest absolute Gasteiger partial charge is 0.311 e. The molecule has 0 radical (unpaired) electrons. The van der Waals surface area contributed by atoms with Crippen molar-refractivity contribution in [2.45, 2.75) is 78.3 Å². The molecule has 1 rings (SSSR count). The van der Waals surface area contributed by atoms with Gasteiger partial charge in [-0.1, -0.05) is 47.5 Å². The van der Waals surface area contributed by atoms with E-state index in [-0.39, 0.29) is 0 Å². The molecule has 18 heavy (non-hydrogen) atoms. The second-order valence-corrected chi connectivity index (χ2v) is 6.01. The van der Waals surface area contributed by atoms with Crippen molar-refractivity contribution in [1.82, 2.24) is 10.2 Å². The average Bonchev–Trinajstić information content (AvgIpc) is 2.44. The molecule has 1 N–H and O–H groups in total. The van der Waals surface area contributed by atoms with Gasteiger partial charge in [-0.05, 0) is 25.2 Å².